The molecule has 0 aliphatic heterocycles. The summed E-state index contributed by atoms with van der Waals surface area (Å²) in [5, 5.41) is 5.46. The van der Waals surface area contributed by atoms with Crippen LogP contribution in [0.2, 0.25) is 0 Å². The van der Waals surface area contributed by atoms with E-state index in [1.54, 1.807) is 39.2 Å². The molecular formula is C32H33F3N6O5. The Kier molecular flexibility index (Phi) is 10.7. The Bertz CT molecular complexity index is 1760. The SMILES string of the molecule is CCN(C(=O)N(C)CCc1ccccn1)c1nc2ccc(NC(=O)CCCNC(=O)c3ccc(C(F)(F)F)cc3)c(C)c2c(=O)o1. The van der Waals surface area contributed by atoms with E-state index >= 15 is 0 Å². The zero-order chi connectivity index (χ0) is 33.4. The second-order valence-corrected chi connectivity index (χ2v) is 10.4. The molecule has 0 atom stereocenters. The maximum atomic E-state index is 13.2. The highest BCUT2D eigenvalue weighted by Gasteiger charge is 2.30. The molecule has 11 nitrogen and oxygen atoms in total. The van der Waals surface area contributed by atoms with Gasteiger partial charge in [-0.15, -0.1) is 0 Å². The van der Waals surface area contributed by atoms with Crippen molar-refractivity contribution < 1.29 is 32.0 Å². The predicted molar refractivity (Wildman–Crippen MR) is 166 cm³/mol. The second-order valence-electron chi connectivity index (χ2n) is 10.4. The molecule has 4 rings (SSSR count). The summed E-state index contributed by atoms with van der Waals surface area (Å²) >= 11 is 0. The number of hydrogen-bond acceptors (Lipinski definition) is 7. The number of nitrogens with zero attached hydrogens (tertiary/aromatic N) is 4. The number of hydrogen-bond donors (Lipinski definition) is 2. The molecule has 242 valence electrons. The van der Waals surface area contributed by atoms with Crippen LogP contribution in [0.15, 0.2) is 70.0 Å². The number of alkyl halides is 3. The van der Waals surface area contributed by atoms with Crippen LogP contribution in [0.5, 0.6) is 0 Å². The van der Waals surface area contributed by atoms with E-state index in [4.69, 9.17) is 4.42 Å². The van der Waals surface area contributed by atoms with Crippen molar-refractivity contribution in [3.8, 4) is 0 Å². The Morgan fingerprint density at radius 1 is 1.02 bits per heavy atom. The summed E-state index contributed by atoms with van der Waals surface area (Å²) in [7, 11) is 1.64. The zero-order valence-corrected chi connectivity index (χ0v) is 25.5. The van der Waals surface area contributed by atoms with Gasteiger partial charge in [-0.05, 0) is 74.4 Å². The van der Waals surface area contributed by atoms with Gasteiger partial charge >= 0.3 is 23.8 Å². The lowest BCUT2D eigenvalue weighted by atomic mass is 10.1. The summed E-state index contributed by atoms with van der Waals surface area (Å²) in [6.45, 7) is 4.07. The number of rotatable bonds is 11. The van der Waals surface area contributed by atoms with Gasteiger partial charge < -0.3 is 20.0 Å². The summed E-state index contributed by atoms with van der Waals surface area (Å²) in [5.74, 6) is -0.936. The molecule has 0 saturated carbocycles. The predicted octanol–water partition coefficient (Wildman–Crippen LogP) is 5.18. The normalized spacial score (nSPS) is 11.3. The van der Waals surface area contributed by atoms with E-state index in [9.17, 15) is 32.3 Å². The summed E-state index contributed by atoms with van der Waals surface area (Å²) in [6.07, 6.45) is -1.99. The van der Waals surface area contributed by atoms with E-state index in [2.05, 4.69) is 20.6 Å². The van der Waals surface area contributed by atoms with Gasteiger partial charge in [-0.3, -0.25) is 14.6 Å². The molecule has 0 bridgehead atoms. The smallest absolute Gasteiger partial charge is 0.388 e. The average molecular weight is 639 g/mol. The highest BCUT2D eigenvalue weighted by Crippen LogP contribution is 2.29. The highest BCUT2D eigenvalue weighted by atomic mass is 19.4. The first-order valence-corrected chi connectivity index (χ1v) is 14.5. The number of anilines is 2. The van der Waals surface area contributed by atoms with Crippen molar-refractivity contribution in [2.75, 3.05) is 36.9 Å². The summed E-state index contributed by atoms with van der Waals surface area (Å²) in [5.41, 5.74) is 0.410. The molecule has 46 heavy (non-hydrogen) atoms. The third-order valence-electron chi connectivity index (χ3n) is 7.20. The number of pyridine rings is 1. The number of likely N-dealkylation sites (N-methyl/N-ethyl adjacent to an activating group) is 1. The standard InChI is InChI=1S/C32H33F3N6O5/c1-4-41(31(45)40(3)19-16-23-8-5-6-17-36-23)30-39-25-15-14-24(20(2)27(25)29(44)46-30)38-26(42)9-7-18-37-28(43)21-10-12-22(13-11-21)32(33,34)35/h5-6,8,10-15,17H,4,7,9,16,18-19H2,1-3H3,(H,37,43)(H,38,42). The Morgan fingerprint density at radius 3 is 2.41 bits per heavy atom. The molecule has 2 N–H and O–H groups in total. The third-order valence-corrected chi connectivity index (χ3v) is 7.20. The van der Waals surface area contributed by atoms with E-state index in [1.165, 1.54) is 9.80 Å². The van der Waals surface area contributed by atoms with Crippen LogP contribution in [0.4, 0.5) is 29.7 Å². The average Bonchev–Trinajstić information content (AvgIpc) is 3.03. The molecule has 0 aliphatic carbocycles. The lowest BCUT2D eigenvalue weighted by molar-refractivity contribution is -0.137. The van der Waals surface area contributed by atoms with Crippen molar-refractivity contribution >= 4 is 40.5 Å². The molecule has 2 aromatic carbocycles. The van der Waals surface area contributed by atoms with Gasteiger partial charge in [-0.1, -0.05) is 6.07 Å². The van der Waals surface area contributed by atoms with Gasteiger partial charge in [-0.25, -0.2) is 14.5 Å². The number of aryl methyl sites for hydroxylation is 1. The van der Waals surface area contributed by atoms with Crippen LogP contribution in [0.1, 0.15) is 46.9 Å². The molecule has 0 aliphatic rings. The number of amides is 4. The van der Waals surface area contributed by atoms with Gasteiger partial charge in [0.1, 0.15) is 0 Å². The Balaban J connectivity index is 1.35. The van der Waals surface area contributed by atoms with Gasteiger partial charge in [0.05, 0.1) is 16.5 Å². The van der Waals surface area contributed by atoms with Gasteiger partial charge in [0.2, 0.25) is 5.91 Å². The summed E-state index contributed by atoms with van der Waals surface area (Å²) in [6, 6.07) is 12.0. The maximum absolute atomic E-state index is 13.2. The van der Waals surface area contributed by atoms with Crippen LogP contribution >= 0.6 is 0 Å². The van der Waals surface area contributed by atoms with Crippen molar-refractivity contribution in [3.63, 3.8) is 0 Å². The number of fused-ring (bicyclic) bond motifs is 1. The molecule has 0 fully saturated rings. The topological polar surface area (TPSA) is 138 Å². The number of nitrogens with one attached hydrogen (secondary N) is 2. The van der Waals surface area contributed by atoms with Gasteiger partial charge in [-0.2, -0.15) is 18.2 Å². The molecule has 4 aromatic rings. The molecule has 2 aromatic heterocycles. The number of urea groups is 1. The number of aromatic nitrogens is 2. The fourth-order valence-electron chi connectivity index (χ4n) is 4.62. The van der Waals surface area contributed by atoms with Crippen molar-refractivity contribution in [1.82, 2.24) is 20.2 Å². The first-order chi connectivity index (χ1) is 21.9. The summed E-state index contributed by atoms with van der Waals surface area (Å²) in [4.78, 5) is 62.5. The van der Waals surface area contributed by atoms with Crippen LogP contribution in [0, 0.1) is 6.92 Å². The quantitative estimate of drug-likeness (QED) is 0.216. The van der Waals surface area contributed by atoms with E-state index in [1.807, 2.05) is 18.2 Å². The number of benzene rings is 2. The second kappa shape index (κ2) is 14.7. The van der Waals surface area contributed by atoms with Gasteiger partial charge in [0.15, 0.2) is 0 Å². The van der Waals surface area contributed by atoms with E-state index in [0.29, 0.717) is 24.2 Å². The first-order valence-electron chi connectivity index (χ1n) is 14.5. The minimum atomic E-state index is -4.50. The first kappa shape index (κ1) is 33.6. The van der Waals surface area contributed by atoms with Crippen LogP contribution in [0.25, 0.3) is 10.9 Å². The maximum Gasteiger partial charge on any atom is 0.416 e. The van der Waals surface area contributed by atoms with Crippen molar-refractivity contribution in [3.05, 3.63) is 93.6 Å². The third kappa shape index (κ3) is 8.25. The number of halogens is 3. The summed E-state index contributed by atoms with van der Waals surface area (Å²) < 4.78 is 43.6. The van der Waals surface area contributed by atoms with Crippen LogP contribution in [0.3, 0.4) is 0 Å². The molecule has 4 amide bonds. The monoisotopic (exact) mass is 638 g/mol. The van der Waals surface area contributed by atoms with E-state index < -0.39 is 29.3 Å². The molecule has 0 saturated heterocycles. The largest absolute Gasteiger partial charge is 0.416 e. The molecule has 0 unspecified atom stereocenters. The van der Waals surface area contributed by atoms with E-state index in [-0.39, 0.29) is 54.3 Å². The van der Waals surface area contributed by atoms with Crippen molar-refractivity contribution in [1.29, 1.82) is 0 Å². The Morgan fingerprint density at radius 2 is 1.76 bits per heavy atom. The van der Waals surface area contributed by atoms with E-state index in [0.717, 1.165) is 30.0 Å². The lowest BCUT2D eigenvalue weighted by Crippen LogP contribution is -2.42. The van der Waals surface area contributed by atoms with Gasteiger partial charge in [0.25, 0.3) is 5.91 Å². The van der Waals surface area contributed by atoms with Crippen LogP contribution in [-0.2, 0) is 17.4 Å². The fraction of sp³-hybridized carbons (Fsp3) is 0.312. The zero-order valence-electron chi connectivity index (χ0n) is 25.5. The molecule has 14 heteroatoms. The minimum absolute atomic E-state index is 0.0258. The van der Waals surface area contributed by atoms with Crippen LogP contribution in [-0.4, -0.2) is 59.4 Å². The Hall–Kier alpha value is -5.27. The van der Waals surface area contributed by atoms with Gasteiger partial charge in [0, 0.05) is 62.7 Å². The van der Waals surface area contributed by atoms with Crippen LogP contribution < -0.4 is 21.2 Å². The van der Waals surface area contributed by atoms with Crippen molar-refractivity contribution in [2.24, 2.45) is 0 Å². The molecule has 0 spiro atoms. The number of carbonyl (C=O) groups excluding carboxylic acids is 3. The minimum Gasteiger partial charge on any atom is -0.388 e. The Labute approximate surface area is 262 Å². The fourth-order valence-corrected chi connectivity index (χ4v) is 4.62. The highest BCUT2D eigenvalue weighted by molar-refractivity contribution is 5.97. The molecule has 2 heterocycles. The van der Waals surface area contributed by atoms with Crippen molar-refractivity contribution in [2.45, 2.75) is 39.3 Å². The lowest BCUT2D eigenvalue weighted by Gasteiger charge is -2.25. The molecular weight excluding hydrogens is 605 g/mol. The number of carbonyl (C=O) groups is 3. The molecule has 0 radical (unpaired) electrons.